The molecule has 0 saturated heterocycles. The average Bonchev–Trinajstić information content (AvgIpc) is 3.16. The molecule has 0 spiro atoms. The molecule has 1 aromatic carbocycles. The van der Waals surface area contributed by atoms with E-state index in [-0.39, 0.29) is 37.5 Å². The number of carboxylic acids is 2. The summed E-state index contributed by atoms with van der Waals surface area (Å²) in [6, 6.07) is -0.132. The molecule has 16 N–H and O–H groups in total. The van der Waals surface area contributed by atoms with Gasteiger partial charge in [-0.15, -0.1) is 0 Å². The molecule has 57 heavy (non-hydrogen) atoms. The molecule has 0 heterocycles. The number of aliphatic imine (C=N–C) groups is 1. The summed E-state index contributed by atoms with van der Waals surface area (Å²) in [7, 11) is 0. The number of aliphatic hydroxyl groups is 1. The maximum absolute atomic E-state index is 13.4. The smallest absolute Gasteiger partial charge is 0.326 e. The molecule has 316 valence electrons. The lowest BCUT2D eigenvalue weighted by Crippen LogP contribution is -2.59. The SMILES string of the molecule is C[C@H](NC(=O)[C@H](CS)NC(=O)CN)C(=O)N[C@@H](CCCN=C(N)N)C(=O)N[C@@H](CO)C(=O)N[C@@H](CCC(=O)O)C(=O)NCC(=O)N[C@@H](Cc1ccccc1)C(=O)O. The lowest BCUT2D eigenvalue weighted by molar-refractivity contribution is -0.141. The van der Waals surface area contributed by atoms with Crippen LogP contribution in [0.1, 0.15) is 38.2 Å². The molecule has 0 radical (unpaired) electrons. The summed E-state index contributed by atoms with van der Waals surface area (Å²) in [4.78, 5) is 116. The first-order valence-electron chi connectivity index (χ1n) is 17.5. The third kappa shape index (κ3) is 19.4. The van der Waals surface area contributed by atoms with E-state index in [9.17, 15) is 58.5 Å². The molecule has 0 aromatic heterocycles. The van der Waals surface area contributed by atoms with Gasteiger partial charge in [0.2, 0.25) is 41.4 Å². The van der Waals surface area contributed by atoms with Gasteiger partial charge >= 0.3 is 11.9 Å². The van der Waals surface area contributed by atoms with Crippen LogP contribution in [0.5, 0.6) is 0 Å². The summed E-state index contributed by atoms with van der Waals surface area (Å²) < 4.78 is 0. The monoisotopic (exact) mass is 825 g/mol. The number of carboxylic acid groups (broad SMARTS) is 2. The topological polar surface area (TPSA) is 389 Å². The molecule has 0 bridgehead atoms. The lowest BCUT2D eigenvalue weighted by Gasteiger charge is -2.25. The van der Waals surface area contributed by atoms with Crippen molar-refractivity contribution in [3.8, 4) is 0 Å². The van der Waals surface area contributed by atoms with E-state index in [1.54, 1.807) is 30.3 Å². The fraction of sp³-hybridized carbons (Fsp3) is 0.515. The van der Waals surface area contributed by atoms with Crippen LogP contribution in [0.15, 0.2) is 35.3 Å². The number of guanidine groups is 1. The van der Waals surface area contributed by atoms with Gasteiger partial charge in [-0.25, -0.2) is 4.79 Å². The number of nitrogens with zero attached hydrogens (tertiary/aromatic N) is 1. The second kappa shape index (κ2) is 26.0. The van der Waals surface area contributed by atoms with Gasteiger partial charge in [-0.2, -0.15) is 12.6 Å². The van der Waals surface area contributed by atoms with Crippen molar-refractivity contribution < 1.29 is 58.5 Å². The first-order chi connectivity index (χ1) is 26.9. The predicted molar refractivity (Wildman–Crippen MR) is 205 cm³/mol. The van der Waals surface area contributed by atoms with Gasteiger partial charge in [-0.05, 0) is 31.7 Å². The van der Waals surface area contributed by atoms with Crippen molar-refractivity contribution in [1.29, 1.82) is 0 Å². The Kier molecular flexibility index (Phi) is 22.3. The zero-order valence-corrected chi connectivity index (χ0v) is 32.0. The molecule has 23 nitrogen and oxygen atoms in total. The van der Waals surface area contributed by atoms with E-state index >= 15 is 0 Å². The van der Waals surface area contributed by atoms with Crippen LogP contribution in [0.25, 0.3) is 0 Å². The van der Waals surface area contributed by atoms with Crippen molar-refractivity contribution in [2.45, 2.75) is 75.3 Å². The molecular weight excluding hydrogens is 774 g/mol. The molecule has 7 amide bonds. The third-order valence-corrected chi connectivity index (χ3v) is 8.15. The highest BCUT2D eigenvalue weighted by Gasteiger charge is 2.31. The van der Waals surface area contributed by atoms with Crippen LogP contribution in [0.3, 0.4) is 0 Å². The number of nitrogens with two attached hydrogens (primary N) is 3. The molecule has 0 unspecified atom stereocenters. The number of rotatable bonds is 26. The Morgan fingerprint density at radius 1 is 0.719 bits per heavy atom. The number of aliphatic carboxylic acids is 2. The fourth-order valence-corrected chi connectivity index (χ4v) is 5.01. The summed E-state index contributed by atoms with van der Waals surface area (Å²) in [5.74, 6) is -9.48. The second-order valence-corrected chi connectivity index (χ2v) is 12.7. The Labute approximate surface area is 332 Å². The molecule has 24 heteroatoms. The molecule has 0 aliphatic carbocycles. The highest BCUT2D eigenvalue weighted by molar-refractivity contribution is 7.80. The minimum Gasteiger partial charge on any atom is -0.481 e. The van der Waals surface area contributed by atoms with Crippen LogP contribution < -0.4 is 54.4 Å². The summed E-state index contributed by atoms with van der Waals surface area (Å²) >= 11 is 4.01. The van der Waals surface area contributed by atoms with Crippen molar-refractivity contribution in [3.63, 3.8) is 0 Å². The highest BCUT2D eigenvalue weighted by atomic mass is 32.1. The van der Waals surface area contributed by atoms with Crippen molar-refractivity contribution in [2.24, 2.45) is 22.2 Å². The van der Waals surface area contributed by atoms with Crippen LogP contribution in [-0.2, 0) is 49.6 Å². The minimum absolute atomic E-state index is 0.0189. The molecule has 1 rings (SSSR count). The van der Waals surface area contributed by atoms with Gasteiger partial charge in [0.25, 0.3) is 0 Å². The lowest BCUT2D eigenvalue weighted by atomic mass is 10.1. The Bertz CT molecular complexity index is 1600. The second-order valence-electron chi connectivity index (χ2n) is 12.4. The van der Waals surface area contributed by atoms with Crippen molar-refractivity contribution in [2.75, 3.05) is 32.0 Å². The maximum atomic E-state index is 13.4. The molecule has 0 aliphatic heterocycles. The summed E-state index contributed by atoms with van der Waals surface area (Å²) in [6.07, 6.45) is -1.20. The van der Waals surface area contributed by atoms with Gasteiger partial charge in [0.1, 0.15) is 36.3 Å². The van der Waals surface area contributed by atoms with Crippen LogP contribution in [0.4, 0.5) is 0 Å². The number of benzene rings is 1. The van der Waals surface area contributed by atoms with Crippen LogP contribution in [-0.4, -0.2) is 143 Å². The number of hydrogen-bond acceptors (Lipinski definition) is 13. The van der Waals surface area contributed by atoms with Crippen molar-refractivity contribution in [1.82, 2.24) is 37.2 Å². The standard InChI is InChI=1S/C33H51N11O12S/c1-17(39-31(54)23(16-57)41-24(46)13-34)27(50)42-19(8-5-11-37-33(35)36)29(52)44-22(15-45)30(53)43-20(9-10-26(48)49)28(51)38-14-25(47)40-21(32(55)56)12-18-6-3-2-4-7-18/h2-4,6-7,17,19-23,45,57H,5,8-16,34H2,1H3,(H,38,51)(H,39,54)(H,40,47)(H,41,46)(H,42,50)(H,43,53)(H,44,52)(H,48,49)(H,55,56)(H4,35,36,37)/t17-,19-,20-,21-,22-,23-/m0/s1. The van der Waals surface area contributed by atoms with E-state index in [4.69, 9.17) is 17.2 Å². The van der Waals surface area contributed by atoms with E-state index in [0.717, 1.165) is 0 Å². The van der Waals surface area contributed by atoms with Gasteiger partial charge in [0.15, 0.2) is 5.96 Å². The van der Waals surface area contributed by atoms with E-state index in [1.165, 1.54) is 6.92 Å². The van der Waals surface area contributed by atoms with Gasteiger partial charge in [0.05, 0.1) is 19.7 Å². The number of thiol groups is 1. The van der Waals surface area contributed by atoms with Crippen molar-refractivity contribution >= 4 is 71.9 Å². The largest absolute Gasteiger partial charge is 0.481 e. The fourth-order valence-electron chi connectivity index (χ4n) is 4.76. The molecular formula is C33H51N11O12S. The van der Waals surface area contributed by atoms with E-state index < -0.39 is 122 Å². The zero-order valence-electron chi connectivity index (χ0n) is 31.1. The average molecular weight is 826 g/mol. The molecule has 6 atom stereocenters. The summed E-state index contributed by atoms with van der Waals surface area (Å²) in [6.45, 7) is -0.892. The first-order valence-corrected chi connectivity index (χ1v) is 18.1. The number of amides is 7. The number of nitrogens with one attached hydrogen (secondary N) is 7. The Morgan fingerprint density at radius 3 is 1.84 bits per heavy atom. The minimum atomic E-state index is -1.76. The van der Waals surface area contributed by atoms with Gasteiger partial charge in [-0.3, -0.25) is 43.3 Å². The van der Waals surface area contributed by atoms with Crippen LogP contribution in [0.2, 0.25) is 0 Å². The van der Waals surface area contributed by atoms with Gasteiger partial charge < -0.3 is 69.7 Å². The molecule has 0 saturated carbocycles. The molecule has 1 aromatic rings. The first kappa shape index (κ1) is 49.0. The van der Waals surface area contributed by atoms with E-state index in [2.05, 4.69) is 54.8 Å². The quantitative estimate of drug-likeness (QED) is 0.0179. The van der Waals surface area contributed by atoms with E-state index in [1.807, 2.05) is 0 Å². The number of hydrogen-bond donors (Lipinski definition) is 14. The van der Waals surface area contributed by atoms with Crippen LogP contribution >= 0.6 is 12.6 Å². The molecule has 0 fully saturated rings. The molecule has 0 aliphatic rings. The Balaban J connectivity index is 3.05. The Hall–Kier alpha value is -6.01. The number of aliphatic hydroxyl groups excluding tert-OH is 1. The predicted octanol–water partition coefficient (Wildman–Crippen LogP) is -5.84. The van der Waals surface area contributed by atoms with Crippen molar-refractivity contribution in [3.05, 3.63) is 35.9 Å². The zero-order chi connectivity index (χ0) is 43.1. The normalized spacial score (nSPS) is 13.8. The Morgan fingerprint density at radius 2 is 1.28 bits per heavy atom. The third-order valence-electron chi connectivity index (χ3n) is 7.78. The summed E-state index contributed by atoms with van der Waals surface area (Å²) in [5.41, 5.74) is 16.6. The number of carbonyl (C=O) groups is 9. The van der Waals surface area contributed by atoms with Gasteiger partial charge in [0, 0.05) is 25.1 Å². The number of carbonyl (C=O) groups excluding carboxylic acids is 7. The van der Waals surface area contributed by atoms with Gasteiger partial charge in [-0.1, -0.05) is 30.3 Å². The van der Waals surface area contributed by atoms with Crippen LogP contribution in [0, 0.1) is 0 Å². The van der Waals surface area contributed by atoms with E-state index in [0.29, 0.717) is 5.56 Å². The maximum Gasteiger partial charge on any atom is 0.326 e. The summed E-state index contributed by atoms with van der Waals surface area (Å²) in [5, 5.41) is 44.8. The highest BCUT2D eigenvalue weighted by Crippen LogP contribution is 2.05.